The molecule has 1 atom stereocenters. The van der Waals surface area contributed by atoms with Crippen LogP contribution in [-0.2, 0) is 0 Å². The predicted molar refractivity (Wildman–Crippen MR) is 103 cm³/mol. The van der Waals surface area contributed by atoms with Gasteiger partial charge in [-0.05, 0) is 17.2 Å². The Kier molecular flexibility index (Phi) is 5.83. The lowest BCUT2D eigenvalue weighted by atomic mass is 9.95. The summed E-state index contributed by atoms with van der Waals surface area (Å²) in [4.78, 5) is 3.91. The van der Waals surface area contributed by atoms with Gasteiger partial charge in [0.05, 0.1) is 18.8 Å². The Morgan fingerprint density at radius 3 is 2.70 bits per heavy atom. The molecule has 3 aromatic rings. The van der Waals surface area contributed by atoms with E-state index in [2.05, 4.69) is 15.5 Å². The Bertz CT molecular complexity index is 922. The zero-order chi connectivity index (χ0) is 19.2. The summed E-state index contributed by atoms with van der Waals surface area (Å²) >= 11 is 0. The van der Waals surface area contributed by atoms with E-state index in [4.69, 9.17) is 15.4 Å². The van der Waals surface area contributed by atoms with Gasteiger partial charge in [-0.25, -0.2) is 4.39 Å². The molecular weight excluding hydrogens is 347 g/mol. The summed E-state index contributed by atoms with van der Waals surface area (Å²) in [5.74, 6) is 0.258. The quantitative estimate of drug-likeness (QED) is 0.458. The highest BCUT2D eigenvalue weighted by Crippen LogP contribution is 2.28. The standard InChI is InChI=1S/C20H21FN4O2/c1-13(18-12-19(27-25-18)24-20(22)23-10-11-26)14-6-8-15(9-7-14)16-4-2-3-5-17(16)21/h2-9,12-13,26H,10-11H2,1H3,(H3,22,23,24). The zero-order valence-corrected chi connectivity index (χ0v) is 14.9. The van der Waals surface area contributed by atoms with Crippen molar-refractivity contribution in [1.82, 2.24) is 5.16 Å². The molecule has 0 saturated carbocycles. The number of rotatable bonds is 6. The maximum atomic E-state index is 13.9. The Balaban J connectivity index is 1.73. The van der Waals surface area contributed by atoms with Crippen molar-refractivity contribution >= 4 is 11.8 Å². The van der Waals surface area contributed by atoms with Crippen molar-refractivity contribution in [3.05, 3.63) is 71.7 Å². The molecule has 27 heavy (non-hydrogen) atoms. The molecule has 7 heteroatoms. The van der Waals surface area contributed by atoms with E-state index in [-0.39, 0.29) is 30.8 Å². The Morgan fingerprint density at radius 1 is 1.26 bits per heavy atom. The highest BCUT2D eigenvalue weighted by atomic mass is 19.1. The smallest absolute Gasteiger partial charge is 0.231 e. The lowest BCUT2D eigenvalue weighted by Crippen LogP contribution is -2.22. The van der Waals surface area contributed by atoms with Crippen molar-refractivity contribution in [3.63, 3.8) is 0 Å². The number of aliphatic hydroxyl groups excluding tert-OH is 1. The molecule has 1 heterocycles. The monoisotopic (exact) mass is 368 g/mol. The van der Waals surface area contributed by atoms with E-state index in [0.29, 0.717) is 11.4 Å². The van der Waals surface area contributed by atoms with Crippen LogP contribution in [0, 0.1) is 5.82 Å². The third-order valence-electron chi connectivity index (χ3n) is 4.20. The van der Waals surface area contributed by atoms with Crippen LogP contribution in [0.3, 0.4) is 0 Å². The molecule has 1 aromatic heterocycles. The van der Waals surface area contributed by atoms with Crippen molar-refractivity contribution in [2.45, 2.75) is 12.8 Å². The second-order valence-corrected chi connectivity index (χ2v) is 6.06. The number of aliphatic imine (C=N–C) groups is 1. The molecule has 0 aliphatic carbocycles. The Hall–Kier alpha value is -3.19. The minimum Gasteiger partial charge on any atom is -0.394 e. The number of nitrogens with one attached hydrogen (secondary N) is 1. The molecule has 2 aromatic carbocycles. The summed E-state index contributed by atoms with van der Waals surface area (Å²) < 4.78 is 19.2. The first kappa shape index (κ1) is 18.6. The largest absolute Gasteiger partial charge is 0.394 e. The lowest BCUT2D eigenvalue weighted by Gasteiger charge is -2.10. The number of halogens is 1. The highest BCUT2D eigenvalue weighted by molar-refractivity contribution is 5.90. The number of anilines is 1. The molecule has 0 fully saturated rings. The number of guanidine groups is 1. The van der Waals surface area contributed by atoms with E-state index >= 15 is 0 Å². The van der Waals surface area contributed by atoms with Gasteiger partial charge in [-0.2, -0.15) is 0 Å². The maximum Gasteiger partial charge on any atom is 0.231 e. The van der Waals surface area contributed by atoms with Crippen LogP contribution in [0.2, 0.25) is 0 Å². The van der Waals surface area contributed by atoms with Crippen molar-refractivity contribution in [2.75, 3.05) is 18.5 Å². The fraction of sp³-hybridized carbons (Fsp3) is 0.200. The predicted octanol–water partition coefficient (Wildman–Crippen LogP) is 3.35. The minimum atomic E-state index is -0.244. The zero-order valence-electron chi connectivity index (χ0n) is 14.9. The topological polar surface area (TPSA) is 96.7 Å². The van der Waals surface area contributed by atoms with E-state index in [0.717, 1.165) is 16.8 Å². The fourth-order valence-corrected chi connectivity index (χ4v) is 2.71. The number of hydrogen-bond acceptors (Lipinski definition) is 4. The second-order valence-electron chi connectivity index (χ2n) is 6.06. The van der Waals surface area contributed by atoms with Gasteiger partial charge in [-0.1, -0.05) is 54.5 Å². The fourth-order valence-electron chi connectivity index (χ4n) is 2.71. The lowest BCUT2D eigenvalue weighted by molar-refractivity contribution is 0.307. The third-order valence-corrected chi connectivity index (χ3v) is 4.20. The van der Waals surface area contributed by atoms with Crippen LogP contribution in [0.4, 0.5) is 10.3 Å². The van der Waals surface area contributed by atoms with Crippen LogP contribution in [-0.4, -0.2) is 29.4 Å². The van der Waals surface area contributed by atoms with Crippen LogP contribution in [0.25, 0.3) is 11.1 Å². The van der Waals surface area contributed by atoms with Gasteiger partial charge in [0.25, 0.3) is 0 Å². The summed E-state index contributed by atoms with van der Waals surface area (Å²) in [6.07, 6.45) is 0. The molecule has 1 unspecified atom stereocenters. The van der Waals surface area contributed by atoms with Gasteiger partial charge in [0.15, 0.2) is 5.96 Å². The average Bonchev–Trinajstić information content (AvgIpc) is 3.15. The summed E-state index contributed by atoms with van der Waals surface area (Å²) in [7, 11) is 0. The first-order chi connectivity index (χ1) is 13.1. The summed E-state index contributed by atoms with van der Waals surface area (Å²) in [5.41, 5.74) is 8.82. The van der Waals surface area contributed by atoms with Crippen LogP contribution < -0.4 is 11.1 Å². The van der Waals surface area contributed by atoms with Crippen LogP contribution in [0.5, 0.6) is 0 Å². The summed E-state index contributed by atoms with van der Waals surface area (Å²) in [6, 6.07) is 16.1. The molecule has 0 bridgehead atoms. The normalized spacial score (nSPS) is 12.8. The first-order valence-electron chi connectivity index (χ1n) is 8.57. The third kappa shape index (κ3) is 4.51. The van der Waals surface area contributed by atoms with Crippen LogP contribution in [0.15, 0.2) is 64.1 Å². The number of hydrogen-bond donors (Lipinski definition) is 3. The number of benzene rings is 2. The van der Waals surface area contributed by atoms with Gasteiger partial charge >= 0.3 is 0 Å². The summed E-state index contributed by atoms with van der Waals surface area (Å²) in [5, 5.41) is 15.6. The van der Waals surface area contributed by atoms with E-state index in [9.17, 15) is 4.39 Å². The highest BCUT2D eigenvalue weighted by Gasteiger charge is 2.15. The number of nitrogens with zero attached hydrogens (tertiary/aromatic N) is 2. The number of nitrogens with two attached hydrogens (primary N) is 1. The van der Waals surface area contributed by atoms with E-state index in [1.807, 2.05) is 37.3 Å². The SMILES string of the molecule is CC(c1ccc(-c2ccccc2F)cc1)c1cc(NC(N)=NCCO)on1. The molecule has 0 radical (unpaired) electrons. The maximum absolute atomic E-state index is 13.9. The van der Waals surface area contributed by atoms with Gasteiger partial charge in [0, 0.05) is 17.5 Å². The van der Waals surface area contributed by atoms with Crippen molar-refractivity contribution in [2.24, 2.45) is 10.7 Å². The van der Waals surface area contributed by atoms with Gasteiger partial charge in [0.2, 0.25) is 5.88 Å². The average molecular weight is 368 g/mol. The van der Waals surface area contributed by atoms with Crippen molar-refractivity contribution < 1.29 is 14.0 Å². The first-order valence-corrected chi connectivity index (χ1v) is 8.57. The Labute approximate surface area is 156 Å². The van der Waals surface area contributed by atoms with Crippen LogP contribution >= 0.6 is 0 Å². The van der Waals surface area contributed by atoms with Crippen molar-refractivity contribution in [3.8, 4) is 11.1 Å². The molecule has 0 saturated heterocycles. The van der Waals surface area contributed by atoms with Gasteiger partial charge < -0.3 is 15.4 Å². The molecule has 140 valence electrons. The molecule has 0 spiro atoms. The molecule has 3 rings (SSSR count). The minimum absolute atomic E-state index is 0.0189. The molecule has 0 aliphatic heterocycles. The van der Waals surface area contributed by atoms with E-state index in [1.165, 1.54) is 6.07 Å². The number of aromatic nitrogens is 1. The molecule has 0 amide bonds. The molecule has 6 nitrogen and oxygen atoms in total. The van der Waals surface area contributed by atoms with E-state index < -0.39 is 0 Å². The van der Waals surface area contributed by atoms with Crippen molar-refractivity contribution in [1.29, 1.82) is 0 Å². The molecular formula is C20H21FN4O2. The van der Waals surface area contributed by atoms with Gasteiger partial charge in [-0.15, -0.1) is 0 Å². The molecule has 4 N–H and O–H groups in total. The summed E-state index contributed by atoms with van der Waals surface area (Å²) in [6.45, 7) is 2.14. The molecule has 0 aliphatic rings. The number of aliphatic hydroxyl groups is 1. The van der Waals surface area contributed by atoms with Gasteiger partial charge in [0.1, 0.15) is 5.82 Å². The Morgan fingerprint density at radius 2 is 2.00 bits per heavy atom. The van der Waals surface area contributed by atoms with E-state index in [1.54, 1.807) is 18.2 Å². The van der Waals surface area contributed by atoms with Crippen LogP contribution in [0.1, 0.15) is 24.1 Å². The van der Waals surface area contributed by atoms with Gasteiger partial charge in [-0.3, -0.25) is 10.3 Å². The second kappa shape index (κ2) is 8.46.